The molecule has 1 fully saturated rings. The highest BCUT2D eigenvalue weighted by Gasteiger charge is 2.28. The first-order valence-corrected chi connectivity index (χ1v) is 6.40. The summed E-state index contributed by atoms with van der Waals surface area (Å²) < 4.78 is 10.3. The molecule has 0 unspecified atom stereocenters. The standard InChI is InChI=1S/C14H22N2O2/c1-17-8-7-16(12-4-5-12)10-11-3-6-14(18-2)13(15)9-11/h3,6,9,12H,4-5,7-8,10,15H2,1-2H3. The molecule has 0 bridgehead atoms. The number of benzene rings is 1. The maximum Gasteiger partial charge on any atom is 0.141 e. The summed E-state index contributed by atoms with van der Waals surface area (Å²) in [4.78, 5) is 2.46. The van der Waals surface area contributed by atoms with Crippen molar-refractivity contribution >= 4 is 5.69 Å². The second-order valence-corrected chi connectivity index (χ2v) is 4.77. The van der Waals surface area contributed by atoms with Crippen molar-refractivity contribution in [1.82, 2.24) is 4.90 Å². The van der Waals surface area contributed by atoms with E-state index in [1.165, 1.54) is 18.4 Å². The van der Waals surface area contributed by atoms with E-state index in [4.69, 9.17) is 15.2 Å². The van der Waals surface area contributed by atoms with E-state index in [1.807, 2.05) is 12.1 Å². The minimum absolute atomic E-state index is 0.706. The van der Waals surface area contributed by atoms with E-state index in [-0.39, 0.29) is 0 Å². The molecule has 2 N–H and O–H groups in total. The number of nitrogens with two attached hydrogens (primary N) is 1. The summed E-state index contributed by atoms with van der Waals surface area (Å²) >= 11 is 0. The van der Waals surface area contributed by atoms with Crippen molar-refractivity contribution in [2.75, 3.05) is 33.1 Å². The van der Waals surface area contributed by atoms with Crippen molar-refractivity contribution in [3.05, 3.63) is 23.8 Å². The molecule has 4 nitrogen and oxygen atoms in total. The van der Waals surface area contributed by atoms with Gasteiger partial charge in [-0.2, -0.15) is 0 Å². The molecule has 1 aliphatic rings. The molecule has 100 valence electrons. The lowest BCUT2D eigenvalue weighted by atomic mass is 10.1. The van der Waals surface area contributed by atoms with Crippen molar-refractivity contribution < 1.29 is 9.47 Å². The number of ether oxygens (including phenoxy) is 2. The number of hydrogen-bond acceptors (Lipinski definition) is 4. The van der Waals surface area contributed by atoms with Crippen LogP contribution in [0.15, 0.2) is 18.2 Å². The fourth-order valence-corrected chi connectivity index (χ4v) is 2.16. The number of anilines is 1. The summed E-state index contributed by atoms with van der Waals surface area (Å²) in [5.74, 6) is 0.744. The van der Waals surface area contributed by atoms with Gasteiger partial charge in [-0.15, -0.1) is 0 Å². The van der Waals surface area contributed by atoms with Crippen molar-refractivity contribution in [3.8, 4) is 5.75 Å². The van der Waals surface area contributed by atoms with E-state index in [0.717, 1.165) is 31.5 Å². The van der Waals surface area contributed by atoms with E-state index in [2.05, 4.69) is 11.0 Å². The second-order valence-electron chi connectivity index (χ2n) is 4.77. The van der Waals surface area contributed by atoms with Crippen LogP contribution in [0.25, 0.3) is 0 Å². The van der Waals surface area contributed by atoms with Gasteiger partial charge in [-0.3, -0.25) is 4.90 Å². The molecular weight excluding hydrogens is 228 g/mol. The summed E-state index contributed by atoms with van der Waals surface area (Å²) in [7, 11) is 3.39. The Morgan fingerprint density at radius 3 is 2.67 bits per heavy atom. The lowest BCUT2D eigenvalue weighted by molar-refractivity contribution is 0.139. The molecule has 0 saturated heterocycles. The van der Waals surface area contributed by atoms with Gasteiger partial charge in [-0.1, -0.05) is 6.07 Å². The average molecular weight is 250 g/mol. The van der Waals surface area contributed by atoms with E-state index in [1.54, 1.807) is 14.2 Å². The molecule has 0 atom stereocenters. The van der Waals surface area contributed by atoms with E-state index >= 15 is 0 Å². The van der Waals surface area contributed by atoms with Crippen molar-refractivity contribution in [2.24, 2.45) is 0 Å². The molecule has 0 spiro atoms. The second kappa shape index (κ2) is 6.07. The molecule has 0 amide bonds. The van der Waals surface area contributed by atoms with Crippen LogP contribution in [0.2, 0.25) is 0 Å². The Kier molecular flexibility index (Phi) is 4.44. The Bertz CT molecular complexity index is 391. The predicted octanol–water partition coefficient (Wildman–Crippen LogP) is 1.89. The lowest BCUT2D eigenvalue weighted by Gasteiger charge is -2.22. The molecule has 0 heterocycles. The summed E-state index contributed by atoms with van der Waals surface area (Å²) in [6.07, 6.45) is 2.60. The molecule has 1 aliphatic carbocycles. The largest absolute Gasteiger partial charge is 0.495 e. The molecule has 4 heteroatoms. The summed E-state index contributed by atoms with van der Waals surface area (Å²) in [5.41, 5.74) is 7.87. The van der Waals surface area contributed by atoms with Crippen LogP contribution in [0.1, 0.15) is 18.4 Å². The average Bonchev–Trinajstić information content (AvgIpc) is 3.19. The van der Waals surface area contributed by atoms with Crippen LogP contribution in [-0.2, 0) is 11.3 Å². The van der Waals surface area contributed by atoms with Gasteiger partial charge in [0.05, 0.1) is 19.4 Å². The maximum atomic E-state index is 5.93. The van der Waals surface area contributed by atoms with Gasteiger partial charge in [0.15, 0.2) is 0 Å². The molecule has 18 heavy (non-hydrogen) atoms. The van der Waals surface area contributed by atoms with Crippen molar-refractivity contribution in [1.29, 1.82) is 0 Å². The number of hydrogen-bond donors (Lipinski definition) is 1. The molecule has 1 saturated carbocycles. The quantitative estimate of drug-likeness (QED) is 0.751. The Hall–Kier alpha value is -1.26. The first kappa shape index (κ1) is 13.2. The minimum atomic E-state index is 0.706. The van der Waals surface area contributed by atoms with Crippen LogP contribution in [0, 0.1) is 0 Å². The van der Waals surface area contributed by atoms with E-state index in [9.17, 15) is 0 Å². The van der Waals surface area contributed by atoms with Crippen molar-refractivity contribution in [3.63, 3.8) is 0 Å². The number of rotatable bonds is 7. The predicted molar refractivity (Wildman–Crippen MR) is 72.7 cm³/mol. The fraction of sp³-hybridized carbons (Fsp3) is 0.571. The molecule has 2 rings (SSSR count). The highest BCUT2D eigenvalue weighted by Crippen LogP contribution is 2.29. The SMILES string of the molecule is COCCN(Cc1ccc(OC)c(N)c1)C1CC1. The van der Waals surface area contributed by atoms with Crippen LogP contribution in [-0.4, -0.2) is 38.3 Å². The highest BCUT2D eigenvalue weighted by molar-refractivity contribution is 5.54. The van der Waals surface area contributed by atoms with Gasteiger partial charge in [0, 0.05) is 26.2 Å². The first-order valence-electron chi connectivity index (χ1n) is 6.40. The molecule has 0 aromatic heterocycles. The monoisotopic (exact) mass is 250 g/mol. The Morgan fingerprint density at radius 2 is 2.11 bits per heavy atom. The Morgan fingerprint density at radius 1 is 1.33 bits per heavy atom. The Labute approximate surface area is 109 Å². The van der Waals surface area contributed by atoms with Gasteiger partial charge in [0.25, 0.3) is 0 Å². The topological polar surface area (TPSA) is 47.7 Å². The van der Waals surface area contributed by atoms with Gasteiger partial charge in [-0.05, 0) is 30.5 Å². The number of nitrogens with zero attached hydrogens (tertiary/aromatic N) is 1. The third-order valence-electron chi connectivity index (χ3n) is 3.33. The minimum Gasteiger partial charge on any atom is -0.495 e. The van der Waals surface area contributed by atoms with E-state index < -0.39 is 0 Å². The zero-order valence-corrected chi connectivity index (χ0v) is 11.2. The number of nitrogen functional groups attached to an aromatic ring is 1. The van der Waals surface area contributed by atoms with Crippen LogP contribution >= 0.6 is 0 Å². The van der Waals surface area contributed by atoms with Crippen LogP contribution < -0.4 is 10.5 Å². The normalized spacial score (nSPS) is 15.1. The third-order valence-corrected chi connectivity index (χ3v) is 3.33. The van der Waals surface area contributed by atoms with Crippen LogP contribution in [0.5, 0.6) is 5.75 Å². The third kappa shape index (κ3) is 3.37. The molecular formula is C14H22N2O2. The van der Waals surface area contributed by atoms with Gasteiger partial charge in [0.2, 0.25) is 0 Å². The molecule has 1 aromatic carbocycles. The maximum absolute atomic E-state index is 5.93. The van der Waals surface area contributed by atoms with Crippen molar-refractivity contribution in [2.45, 2.75) is 25.4 Å². The summed E-state index contributed by atoms with van der Waals surface area (Å²) in [5, 5.41) is 0. The van der Waals surface area contributed by atoms with Gasteiger partial charge < -0.3 is 15.2 Å². The first-order chi connectivity index (χ1) is 8.74. The van der Waals surface area contributed by atoms with E-state index in [0.29, 0.717) is 5.69 Å². The smallest absolute Gasteiger partial charge is 0.141 e. The van der Waals surface area contributed by atoms with Gasteiger partial charge >= 0.3 is 0 Å². The van der Waals surface area contributed by atoms with Gasteiger partial charge in [-0.25, -0.2) is 0 Å². The Balaban J connectivity index is 1.99. The molecule has 1 aromatic rings. The fourth-order valence-electron chi connectivity index (χ4n) is 2.16. The van der Waals surface area contributed by atoms with Gasteiger partial charge in [0.1, 0.15) is 5.75 Å². The van der Waals surface area contributed by atoms with Crippen LogP contribution in [0.3, 0.4) is 0 Å². The molecule has 0 radical (unpaired) electrons. The summed E-state index contributed by atoms with van der Waals surface area (Å²) in [6.45, 7) is 2.69. The highest BCUT2D eigenvalue weighted by atomic mass is 16.5. The van der Waals surface area contributed by atoms with Crippen LogP contribution in [0.4, 0.5) is 5.69 Å². The number of methoxy groups -OCH3 is 2. The molecule has 0 aliphatic heterocycles. The zero-order chi connectivity index (χ0) is 13.0. The zero-order valence-electron chi connectivity index (χ0n) is 11.2. The lowest BCUT2D eigenvalue weighted by Crippen LogP contribution is -2.29. The summed E-state index contributed by atoms with van der Waals surface area (Å²) in [6, 6.07) is 6.74.